The minimum absolute atomic E-state index is 0.0174. The molecule has 184 valence electrons. The van der Waals surface area contributed by atoms with Gasteiger partial charge in [0.1, 0.15) is 6.04 Å². The molecule has 0 aromatic heterocycles. The second-order valence-corrected chi connectivity index (χ2v) is 9.59. The predicted octanol–water partition coefficient (Wildman–Crippen LogP) is 4.56. The van der Waals surface area contributed by atoms with Crippen LogP contribution in [0.25, 0.3) is 0 Å². The first-order valence-electron chi connectivity index (χ1n) is 12.7. The van der Waals surface area contributed by atoms with E-state index in [0.29, 0.717) is 31.6 Å². The molecule has 0 aliphatic carbocycles. The number of aryl methyl sites for hydroxylation is 1. The van der Waals surface area contributed by atoms with Gasteiger partial charge in [0.2, 0.25) is 11.8 Å². The van der Waals surface area contributed by atoms with Gasteiger partial charge >= 0.3 is 0 Å². The third-order valence-corrected chi connectivity index (χ3v) is 6.83. The minimum Gasteiger partial charge on any atom is -0.340 e. The van der Waals surface area contributed by atoms with E-state index in [-0.39, 0.29) is 29.7 Å². The third-order valence-electron chi connectivity index (χ3n) is 6.83. The molecular weight excluding hydrogens is 414 g/mol. The molecule has 1 aromatic rings. The fourth-order valence-corrected chi connectivity index (χ4v) is 4.36. The molecular formula is C27H43N3O3. The second kappa shape index (κ2) is 13.4. The van der Waals surface area contributed by atoms with Crippen molar-refractivity contribution in [2.75, 3.05) is 19.6 Å². The number of hydrogen-bond donors (Lipinski definition) is 1. The minimum atomic E-state index is -0.572. The molecule has 6 heteroatoms. The van der Waals surface area contributed by atoms with Crippen molar-refractivity contribution in [3.8, 4) is 0 Å². The summed E-state index contributed by atoms with van der Waals surface area (Å²) in [6, 6.07) is 6.79. The second-order valence-electron chi connectivity index (χ2n) is 9.59. The van der Waals surface area contributed by atoms with Crippen LogP contribution in [0.5, 0.6) is 0 Å². The maximum absolute atomic E-state index is 13.4. The van der Waals surface area contributed by atoms with Crippen molar-refractivity contribution in [2.24, 2.45) is 5.92 Å². The van der Waals surface area contributed by atoms with Crippen LogP contribution in [-0.4, -0.2) is 59.2 Å². The molecule has 1 aliphatic rings. The number of amides is 3. The Kier molecular flexibility index (Phi) is 10.9. The van der Waals surface area contributed by atoms with Crippen LogP contribution in [0, 0.1) is 12.8 Å². The Morgan fingerprint density at radius 1 is 1.03 bits per heavy atom. The van der Waals surface area contributed by atoms with Gasteiger partial charge in [0, 0.05) is 37.7 Å². The molecule has 0 saturated carbocycles. The molecule has 1 N–H and O–H groups in total. The van der Waals surface area contributed by atoms with Crippen molar-refractivity contribution in [1.29, 1.82) is 0 Å². The van der Waals surface area contributed by atoms with Crippen molar-refractivity contribution < 1.29 is 14.4 Å². The van der Waals surface area contributed by atoms with Gasteiger partial charge in [-0.3, -0.25) is 14.4 Å². The van der Waals surface area contributed by atoms with E-state index in [9.17, 15) is 14.4 Å². The highest BCUT2D eigenvalue weighted by Gasteiger charge is 2.35. The maximum atomic E-state index is 13.4. The molecule has 2 rings (SSSR count). The van der Waals surface area contributed by atoms with Crippen molar-refractivity contribution in [3.63, 3.8) is 0 Å². The molecule has 3 unspecified atom stereocenters. The summed E-state index contributed by atoms with van der Waals surface area (Å²) < 4.78 is 0. The number of nitrogens with one attached hydrogen (secondary N) is 1. The van der Waals surface area contributed by atoms with Crippen molar-refractivity contribution >= 4 is 17.7 Å². The van der Waals surface area contributed by atoms with Crippen molar-refractivity contribution in [2.45, 2.75) is 91.6 Å². The van der Waals surface area contributed by atoms with E-state index in [1.165, 1.54) is 19.3 Å². The Balaban J connectivity index is 1.96. The van der Waals surface area contributed by atoms with E-state index in [4.69, 9.17) is 0 Å². The van der Waals surface area contributed by atoms with Crippen LogP contribution in [-0.2, 0) is 9.59 Å². The summed E-state index contributed by atoms with van der Waals surface area (Å²) >= 11 is 0. The lowest BCUT2D eigenvalue weighted by atomic mass is 9.96. The number of piperazine rings is 1. The highest BCUT2D eigenvalue weighted by molar-refractivity contribution is 5.97. The van der Waals surface area contributed by atoms with Crippen LogP contribution in [0.1, 0.15) is 88.6 Å². The van der Waals surface area contributed by atoms with Gasteiger partial charge in [-0.15, -0.1) is 0 Å². The summed E-state index contributed by atoms with van der Waals surface area (Å²) in [5, 5.41) is 2.98. The van der Waals surface area contributed by atoms with Crippen molar-refractivity contribution in [1.82, 2.24) is 15.1 Å². The number of carbonyl (C=O) groups is 3. The van der Waals surface area contributed by atoms with E-state index < -0.39 is 6.04 Å². The first-order chi connectivity index (χ1) is 15.8. The van der Waals surface area contributed by atoms with Crippen LogP contribution >= 0.6 is 0 Å². The fraction of sp³-hybridized carbons (Fsp3) is 0.667. The quantitative estimate of drug-likeness (QED) is 0.495. The Bertz CT molecular complexity index is 777. The molecule has 3 amide bonds. The molecule has 1 fully saturated rings. The summed E-state index contributed by atoms with van der Waals surface area (Å²) in [4.78, 5) is 42.7. The first-order valence-corrected chi connectivity index (χ1v) is 12.7. The summed E-state index contributed by atoms with van der Waals surface area (Å²) in [6.45, 7) is 11.8. The highest BCUT2D eigenvalue weighted by atomic mass is 16.2. The smallest absolute Gasteiger partial charge is 0.251 e. The number of hydrogen-bond acceptors (Lipinski definition) is 3. The van der Waals surface area contributed by atoms with E-state index >= 15 is 0 Å². The average Bonchev–Trinajstić information content (AvgIpc) is 2.81. The SMILES string of the molecule is CCCCCCCC(=O)N1CCN(C(=O)C(NC(=O)c2ccc(C)cc2)C(C)CC)CC1C. The molecule has 6 nitrogen and oxygen atoms in total. The first kappa shape index (κ1) is 26.9. The summed E-state index contributed by atoms with van der Waals surface area (Å²) in [6.07, 6.45) is 7.02. The summed E-state index contributed by atoms with van der Waals surface area (Å²) in [5.74, 6) is -0.0656. The largest absolute Gasteiger partial charge is 0.340 e. The normalized spacial score (nSPS) is 18.0. The van der Waals surface area contributed by atoms with Gasteiger partial charge < -0.3 is 15.1 Å². The van der Waals surface area contributed by atoms with Crippen LogP contribution in [0.3, 0.4) is 0 Å². The van der Waals surface area contributed by atoms with Crippen LogP contribution in [0.4, 0.5) is 0 Å². The van der Waals surface area contributed by atoms with E-state index in [1.54, 1.807) is 12.1 Å². The van der Waals surface area contributed by atoms with Crippen LogP contribution in [0.2, 0.25) is 0 Å². The molecule has 1 aromatic carbocycles. The Morgan fingerprint density at radius 3 is 2.30 bits per heavy atom. The van der Waals surface area contributed by atoms with Crippen LogP contribution in [0.15, 0.2) is 24.3 Å². The number of benzene rings is 1. The Morgan fingerprint density at radius 2 is 1.70 bits per heavy atom. The number of rotatable bonds is 11. The van der Waals surface area contributed by atoms with E-state index in [2.05, 4.69) is 12.2 Å². The average molecular weight is 458 g/mol. The third kappa shape index (κ3) is 7.86. The standard InChI is InChI=1S/C27H43N3O3/c1-6-8-9-10-11-12-24(31)30-18-17-29(19-22(30)5)27(33)25(21(4)7-2)28-26(32)23-15-13-20(3)14-16-23/h13-16,21-22,25H,6-12,17-19H2,1-5H3,(H,28,32). The van der Waals surface area contributed by atoms with Crippen LogP contribution < -0.4 is 5.32 Å². The summed E-state index contributed by atoms with van der Waals surface area (Å²) in [5.41, 5.74) is 1.65. The van der Waals surface area contributed by atoms with E-state index in [1.807, 2.05) is 49.6 Å². The zero-order valence-corrected chi connectivity index (χ0v) is 21.2. The Hall–Kier alpha value is -2.37. The van der Waals surface area contributed by atoms with Gasteiger partial charge in [-0.1, -0.05) is 70.6 Å². The molecule has 0 spiro atoms. The number of nitrogens with zero attached hydrogens (tertiary/aromatic N) is 2. The summed E-state index contributed by atoms with van der Waals surface area (Å²) in [7, 11) is 0. The monoisotopic (exact) mass is 457 g/mol. The molecule has 0 bridgehead atoms. The molecule has 33 heavy (non-hydrogen) atoms. The van der Waals surface area contributed by atoms with Gasteiger partial charge in [-0.2, -0.15) is 0 Å². The highest BCUT2D eigenvalue weighted by Crippen LogP contribution is 2.18. The van der Waals surface area contributed by atoms with Crippen molar-refractivity contribution in [3.05, 3.63) is 35.4 Å². The number of unbranched alkanes of at least 4 members (excludes halogenated alkanes) is 4. The fourth-order valence-electron chi connectivity index (χ4n) is 4.36. The molecule has 1 heterocycles. The molecule has 1 aliphatic heterocycles. The molecule has 3 atom stereocenters. The topological polar surface area (TPSA) is 69.7 Å². The molecule has 0 radical (unpaired) electrons. The van der Waals surface area contributed by atoms with Gasteiger partial charge in [0.05, 0.1) is 0 Å². The van der Waals surface area contributed by atoms with Gasteiger partial charge in [0.15, 0.2) is 0 Å². The molecule has 1 saturated heterocycles. The lowest BCUT2D eigenvalue weighted by molar-refractivity contribution is -0.144. The zero-order chi connectivity index (χ0) is 24.4. The Labute approximate surface area is 200 Å². The maximum Gasteiger partial charge on any atom is 0.251 e. The van der Waals surface area contributed by atoms with Gasteiger partial charge in [-0.25, -0.2) is 0 Å². The lowest BCUT2D eigenvalue weighted by Gasteiger charge is -2.41. The van der Waals surface area contributed by atoms with E-state index in [0.717, 1.165) is 24.8 Å². The predicted molar refractivity (Wildman–Crippen MR) is 133 cm³/mol. The zero-order valence-electron chi connectivity index (χ0n) is 21.2. The van der Waals surface area contributed by atoms with Gasteiger partial charge in [-0.05, 0) is 38.3 Å². The lowest BCUT2D eigenvalue weighted by Crippen LogP contribution is -2.60. The number of carbonyl (C=O) groups excluding carboxylic acids is 3. The van der Waals surface area contributed by atoms with Gasteiger partial charge in [0.25, 0.3) is 5.91 Å².